The minimum atomic E-state index is 0.353. The molecule has 0 aromatic carbocycles. The van der Waals surface area contributed by atoms with Crippen molar-refractivity contribution in [3.05, 3.63) is 0 Å². The van der Waals surface area contributed by atoms with Gasteiger partial charge in [0.1, 0.15) is 0 Å². The molecule has 18 heavy (non-hydrogen) atoms. The third-order valence-electron chi connectivity index (χ3n) is 4.46. The predicted octanol–water partition coefficient (Wildman–Crippen LogP) is 2.04. The molecule has 0 spiro atoms. The van der Waals surface area contributed by atoms with Gasteiger partial charge in [0.25, 0.3) is 0 Å². The summed E-state index contributed by atoms with van der Waals surface area (Å²) in [5, 5.41) is 3.48. The van der Waals surface area contributed by atoms with E-state index in [9.17, 15) is 0 Å². The summed E-state index contributed by atoms with van der Waals surface area (Å²) < 4.78 is 0. The first-order chi connectivity index (χ1) is 8.38. The molecule has 0 amide bonds. The largest absolute Gasteiger partial charge is 0.316 e. The Labute approximate surface area is 114 Å². The third-order valence-corrected chi connectivity index (χ3v) is 4.46. The van der Waals surface area contributed by atoms with Crippen LogP contribution in [0.1, 0.15) is 40.5 Å². The Bertz CT molecular complexity index is 234. The summed E-state index contributed by atoms with van der Waals surface area (Å²) >= 11 is 0. The second-order valence-electron chi connectivity index (χ2n) is 6.84. The van der Waals surface area contributed by atoms with Crippen molar-refractivity contribution in [1.29, 1.82) is 0 Å². The zero-order chi connectivity index (χ0) is 13.8. The van der Waals surface area contributed by atoms with E-state index >= 15 is 0 Å². The zero-order valence-corrected chi connectivity index (χ0v) is 13.3. The van der Waals surface area contributed by atoms with Crippen LogP contribution in [0.4, 0.5) is 0 Å². The first-order valence-electron chi connectivity index (χ1n) is 7.48. The van der Waals surface area contributed by atoms with Crippen molar-refractivity contribution in [2.24, 2.45) is 5.41 Å². The molecule has 3 heteroatoms. The summed E-state index contributed by atoms with van der Waals surface area (Å²) in [6.07, 6.45) is 2.52. The number of hydrogen-bond donors (Lipinski definition) is 1. The molecule has 0 radical (unpaired) electrons. The van der Waals surface area contributed by atoms with Crippen LogP contribution in [0.15, 0.2) is 0 Å². The van der Waals surface area contributed by atoms with E-state index in [1.807, 2.05) is 0 Å². The van der Waals surface area contributed by atoms with Gasteiger partial charge in [-0.15, -0.1) is 0 Å². The molecule has 3 nitrogen and oxygen atoms in total. The molecule has 108 valence electrons. The van der Waals surface area contributed by atoms with E-state index in [0.29, 0.717) is 11.5 Å². The lowest BCUT2D eigenvalue weighted by Gasteiger charge is -2.40. The van der Waals surface area contributed by atoms with Gasteiger partial charge >= 0.3 is 0 Å². The van der Waals surface area contributed by atoms with Crippen LogP contribution >= 0.6 is 0 Å². The number of nitrogens with one attached hydrogen (secondary N) is 1. The minimum Gasteiger partial charge on any atom is -0.316 e. The van der Waals surface area contributed by atoms with Crippen molar-refractivity contribution < 1.29 is 0 Å². The van der Waals surface area contributed by atoms with Crippen molar-refractivity contribution in [2.75, 3.05) is 40.3 Å². The van der Waals surface area contributed by atoms with Gasteiger partial charge < -0.3 is 15.1 Å². The topological polar surface area (TPSA) is 18.5 Å². The molecule has 0 aliphatic carbocycles. The van der Waals surface area contributed by atoms with Gasteiger partial charge in [0.2, 0.25) is 0 Å². The van der Waals surface area contributed by atoms with Crippen LogP contribution in [0.3, 0.4) is 0 Å². The molecule has 1 saturated heterocycles. The highest BCUT2D eigenvalue weighted by atomic mass is 15.3. The van der Waals surface area contributed by atoms with Crippen LogP contribution in [0.2, 0.25) is 0 Å². The second-order valence-corrected chi connectivity index (χ2v) is 6.84. The maximum Gasteiger partial charge on any atom is 0.0218 e. The van der Waals surface area contributed by atoms with Gasteiger partial charge in [-0.05, 0) is 38.9 Å². The van der Waals surface area contributed by atoms with Crippen LogP contribution in [0.5, 0.6) is 0 Å². The summed E-state index contributed by atoms with van der Waals surface area (Å²) in [6, 6.07) is 1.36. The highest BCUT2D eigenvalue weighted by Gasteiger charge is 2.26. The Morgan fingerprint density at radius 3 is 2.44 bits per heavy atom. The maximum atomic E-state index is 3.48. The van der Waals surface area contributed by atoms with Crippen LogP contribution in [-0.2, 0) is 0 Å². The Hall–Kier alpha value is -0.120. The summed E-state index contributed by atoms with van der Waals surface area (Å²) in [5.41, 5.74) is 0.353. The number of nitrogens with zero attached hydrogens (tertiary/aromatic N) is 2. The molecular formula is C15H33N3. The SMILES string of the molecule is CCC1CN(CCC(NC)C(C)(C)C)CCN1C. The highest BCUT2D eigenvalue weighted by Crippen LogP contribution is 2.22. The zero-order valence-electron chi connectivity index (χ0n) is 13.3. The quantitative estimate of drug-likeness (QED) is 0.811. The fourth-order valence-electron chi connectivity index (χ4n) is 2.98. The van der Waals surface area contributed by atoms with Gasteiger partial charge in [-0.25, -0.2) is 0 Å². The van der Waals surface area contributed by atoms with Crippen molar-refractivity contribution in [3.63, 3.8) is 0 Å². The highest BCUT2D eigenvalue weighted by molar-refractivity contribution is 4.83. The van der Waals surface area contributed by atoms with Crippen molar-refractivity contribution in [2.45, 2.75) is 52.6 Å². The number of hydrogen-bond acceptors (Lipinski definition) is 3. The molecule has 1 aliphatic rings. The van der Waals surface area contributed by atoms with Gasteiger partial charge in [-0.1, -0.05) is 27.7 Å². The predicted molar refractivity (Wildman–Crippen MR) is 80.1 cm³/mol. The summed E-state index contributed by atoms with van der Waals surface area (Å²) in [7, 11) is 4.35. The number of piperazine rings is 1. The molecule has 1 heterocycles. The number of likely N-dealkylation sites (N-methyl/N-ethyl adjacent to an activating group) is 1. The molecule has 1 aliphatic heterocycles. The Kier molecular flexibility index (Phi) is 6.09. The van der Waals surface area contributed by atoms with E-state index in [0.717, 1.165) is 6.04 Å². The first kappa shape index (κ1) is 15.9. The molecule has 2 atom stereocenters. The van der Waals surface area contributed by atoms with Crippen LogP contribution in [0.25, 0.3) is 0 Å². The molecule has 1 fully saturated rings. The normalized spacial score (nSPS) is 25.3. The van der Waals surface area contributed by atoms with Gasteiger partial charge in [0.05, 0.1) is 0 Å². The fraction of sp³-hybridized carbons (Fsp3) is 1.00. The fourth-order valence-corrected chi connectivity index (χ4v) is 2.98. The van der Waals surface area contributed by atoms with Gasteiger partial charge in [-0.3, -0.25) is 0 Å². The van der Waals surface area contributed by atoms with E-state index in [4.69, 9.17) is 0 Å². The second kappa shape index (κ2) is 6.88. The lowest BCUT2D eigenvalue weighted by atomic mass is 9.85. The average molecular weight is 255 g/mol. The Morgan fingerprint density at radius 1 is 1.28 bits per heavy atom. The molecule has 0 bridgehead atoms. The average Bonchev–Trinajstić information content (AvgIpc) is 2.30. The van der Waals surface area contributed by atoms with Crippen molar-refractivity contribution in [1.82, 2.24) is 15.1 Å². The molecule has 0 aromatic heterocycles. The third kappa shape index (κ3) is 4.52. The lowest BCUT2D eigenvalue weighted by molar-refractivity contribution is 0.0860. The monoisotopic (exact) mass is 255 g/mol. The van der Waals surface area contributed by atoms with E-state index in [-0.39, 0.29) is 0 Å². The molecular weight excluding hydrogens is 222 g/mol. The molecule has 0 aromatic rings. The summed E-state index contributed by atoms with van der Waals surface area (Å²) in [5.74, 6) is 0. The standard InChI is InChI=1S/C15H33N3/c1-7-13-12-18(11-10-17(13)6)9-8-14(16-5)15(2,3)4/h13-14,16H,7-12H2,1-6H3. The Balaban J connectivity index is 2.39. The number of rotatable bonds is 5. The minimum absolute atomic E-state index is 0.353. The molecule has 1 N–H and O–H groups in total. The van der Waals surface area contributed by atoms with Crippen LogP contribution < -0.4 is 5.32 Å². The molecule has 0 saturated carbocycles. The van der Waals surface area contributed by atoms with E-state index < -0.39 is 0 Å². The van der Waals surface area contributed by atoms with Gasteiger partial charge in [0.15, 0.2) is 0 Å². The lowest BCUT2D eigenvalue weighted by Crippen LogP contribution is -2.52. The Morgan fingerprint density at radius 2 is 1.94 bits per heavy atom. The van der Waals surface area contributed by atoms with Crippen molar-refractivity contribution in [3.8, 4) is 0 Å². The smallest absolute Gasteiger partial charge is 0.0218 e. The van der Waals surface area contributed by atoms with Crippen LogP contribution in [-0.4, -0.2) is 62.2 Å². The summed E-state index contributed by atoms with van der Waals surface area (Å²) in [4.78, 5) is 5.15. The maximum absolute atomic E-state index is 3.48. The van der Waals surface area contributed by atoms with E-state index in [1.165, 1.54) is 39.0 Å². The molecule has 2 unspecified atom stereocenters. The summed E-state index contributed by atoms with van der Waals surface area (Å²) in [6.45, 7) is 14.2. The van der Waals surface area contributed by atoms with Gasteiger partial charge in [0, 0.05) is 31.7 Å². The van der Waals surface area contributed by atoms with Crippen molar-refractivity contribution >= 4 is 0 Å². The van der Waals surface area contributed by atoms with Crippen LogP contribution in [0, 0.1) is 5.41 Å². The van der Waals surface area contributed by atoms with E-state index in [2.05, 4.69) is 56.9 Å². The van der Waals surface area contributed by atoms with Gasteiger partial charge in [-0.2, -0.15) is 0 Å². The molecule has 1 rings (SSSR count). The first-order valence-corrected chi connectivity index (χ1v) is 7.48. The van der Waals surface area contributed by atoms with E-state index in [1.54, 1.807) is 0 Å².